The number of likely N-dealkylation sites (N-methyl/N-ethyl adjacent to an activating group) is 1. The first-order chi connectivity index (χ1) is 7.88. The van der Waals surface area contributed by atoms with Crippen molar-refractivity contribution < 1.29 is 0 Å². The van der Waals surface area contributed by atoms with Crippen LogP contribution in [-0.4, -0.2) is 38.3 Å². The molecule has 2 nitrogen and oxygen atoms in total. The van der Waals surface area contributed by atoms with Gasteiger partial charge in [-0.25, -0.2) is 0 Å². The zero-order chi connectivity index (χ0) is 13.5. The molecule has 0 spiro atoms. The van der Waals surface area contributed by atoms with Gasteiger partial charge in [-0.3, -0.25) is 0 Å². The molecule has 0 rings (SSSR count). The molecule has 0 saturated carbocycles. The van der Waals surface area contributed by atoms with Gasteiger partial charge in [-0.2, -0.15) is 0 Å². The highest BCUT2D eigenvalue weighted by Crippen LogP contribution is 2.21. The molecule has 0 atom stereocenters. The zero-order valence-corrected chi connectivity index (χ0v) is 14.2. The molecule has 0 aromatic rings. The average Bonchev–Trinajstić information content (AvgIpc) is 2.34. The Morgan fingerprint density at radius 2 is 1.41 bits per heavy atom. The molecule has 0 amide bonds. The molecule has 3 heteroatoms. The summed E-state index contributed by atoms with van der Waals surface area (Å²) in [4.78, 5) is 6.61. The van der Waals surface area contributed by atoms with Crippen molar-refractivity contribution in [1.82, 2.24) is 9.88 Å². The van der Waals surface area contributed by atoms with Gasteiger partial charge in [-0.15, -0.1) is 0 Å². The maximum Gasteiger partial charge on any atom is 0.119 e. The molecule has 0 unspecified atom stereocenters. The number of nitrogens with one attached hydrogen (secondary N) is 1. The van der Waals surface area contributed by atoms with Crippen LogP contribution in [0.25, 0.3) is 0 Å². The topological polar surface area (TPSA) is 15.3 Å². The summed E-state index contributed by atoms with van der Waals surface area (Å²) in [5.41, 5.74) is 0.331. The Bertz CT molecular complexity index is 196. The maximum atomic E-state index is 4.05. The summed E-state index contributed by atoms with van der Waals surface area (Å²) >= 11 is 0. The van der Waals surface area contributed by atoms with Crippen molar-refractivity contribution in [3.8, 4) is 0 Å². The smallest absolute Gasteiger partial charge is 0.119 e. The van der Waals surface area contributed by atoms with E-state index in [9.17, 15) is 0 Å². The number of rotatable bonds is 9. The van der Waals surface area contributed by atoms with Crippen molar-refractivity contribution in [1.29, 1.82) is 0 Å². The van der Waals surface area contributed by atoms with E-state index in [0.717, 1.165) is 13.1 Å². The molecular weight excluding hydrogens is 224 g/mol. The maximum absolute atomic E-state index is 4.05. The summed E-state index contributed by atoms with van der Waals surface area (Å²) in [6.07, 6.45) is 2.47. The second kappa shape index (κ2) is 7.55. The van der Waals surface area contributed by atoms with Crippen LogP contribution in [0, 0.1) is 0 Å². The monoisotopic (exact) mass is 258 g/mol. The molecular formula is C14H34N2Si. The molecule has 0 aliphatic rings. The number of hydrogen-bond donors (Lipinski definition) is 1. The minimum Gasteiger partial charge on any atom is -0.331 e. The van der Waals surface area contributed by atoms with E-state index in [4.69, 9.17) is 0 Å². The van der Waals surface area contributed by atoms with Crippen LogP contribution in [0.2, 0.25) is 19.1 Å². The predicted molar refractivity (Wildman–Crippen MR) is 82.2 cm³/mol. The average molecular weight is 259 g/mol. The first-order valence-electron chi connectivity index (χ1n) is 7.40. The third kappa shape index (κ3) is 5.54. The van der Waals surface area contributed by atoms with Crippen LogP contribution in [0.3, 0.4) is 0 Å². The largest absolute Gasteiger partial charge is 0.331 e. The second-order valence-corrected chi connectivity index (χ2v) is 10.5. The lowest BCUT2D eigenvalue weighted by atomic mass is 9.93. The molecule has 1 N–H and O–H groups in total. The van der Waals surface area contributed by atoms with Crippen molar-refractivity contribution >= 4 is 8.24 Å². The van der Waals surface area contributed by atoms with Crippen LogP contribution in [0.1, 0.15) is 47.5 Å². The van der Waals surface area contributed by atoms with Crippen molar-refractivity contribution in [2.45, 2.75) is 72.1 Å². The second-order valence-electron chi connectivity index (χ2n) is 5.81. The van der Waals surface area contributed by atoms with Crippen LogP contribution in [0.5, 0.6) is 0 Å². The molecule has 0 aliphatic carbocycles. The summed E-state index contributed by atoms with van der Waals surface area (Å²) in [7, 11) is -1.22. The molecule has 0 radical (unpaired) electrons. The van der Waals surface area contributed by atoms with Crippen molar-refractivity contribution in [3.63, 3.8) is 0 Å². The van der Waals surface area contributed by atoms with Crippen LogP contribution in [-0.2, 0) is 0 Å². The van der Waals surface area contributed by atoms with E-state index in [-0.39, 0.29) is 0 Å². The zero-order valence-electron chi connectivity index (χ0n) is 13.2. The number of nitrogens with zero attached hydrogens (tertiary/aromatic N) is 1. The highest BCUT2D eigenvalue weighted by molar-refractivity contribution is 6.75. The Kier molecular flexibility index (Phi) is 7.61. The standard InChI is InChI=1S/C14H34N2Si/c1-8-14(9-2,13-16(10-3)11-4)15-17(6,7)12-5/h15H,8-13H2,1-7H3. The van der Waals surface area contributed by atoms with Gasteiger partial charge in [0.15, 0.2) is 0 Å². The lowest BCUT2D eigenvalue weighted by Gasteiger charge is -2.43. The Labute approximate surface area is 110 Å². The minimum atomic E-state index is -1.22. The minimum absolute atomic E-state index is 0.331. The van der Waals surface area contributed by atoms with Crippen LogP contribution in [0.4, 0.5) is 0 Å². The van der Waals surface area contributed by atoms with Gasteiger partial charge in [-0.1, -0.05) is 47.7 Å². The third-order valence-electron chi connectivity index (χ3n) is 4.26. The Hall–Kier alpha value is 0.137. The molecule has 0 aromatic heterocycles. The Morgan fingerprint density at radius 1 is 0.941 bits per heavy atom. The SMILES string of the molecule is CCN(CC)CC(CC)(CC)N[Si](C)(C)CC. The summed E-state index contributed by atoms with van der Waals surface area (Å²) in [6, 6.07) is 1.31. The fraction of sp³-hybridized carbons (Fsp3) is 1.00. The van der Waals surface area contributed by atoms with Crippen LogP contribution < -0.4 is 4.98 Å². The molecule has 0 aliphatic heterocycles. The summed E-state index contributed by atoms with van der Waals surface area (Å²) in [6.45, 7) is 20.0. The lowest BCUT2D eigenvalue weighted by Crippen LogP contribution is -2.62. The van der Waals surface area contributed by atoms with Gasteiger partial charge >= 0.3 is 0 Å². The first kappa shape index (κ1) is 17.1. The molecule has 17 heavy (non-hydrogen) atoms. The van der Waals surface area contributed by atoms with Gasteiger partial charge < -0.3 is 9.88 Å². The Morgan fingerprint density at radius 3 is 1.71 bits per heavy atom. The van der Waals surface area contributed by atoms with E-state index < -0.39 is 8.24 Å². The highest BCUT2D eigenvalue weighted by atomic mass is 28.3. The van der Waals surface area contributed by atoms with Gasteiger partial charge in [0, 0.05) is 12.1 Å². The summed E-state index contributed by atoms with van der Waals surface area (Å²) in [5, 5.41) is 0. The summed E-state index contributed by atoms with van der Waals surface area (Å²) in [5.74, 6) is 0. The normalized spacial score (nSPS) is 13.4. The van der Waals surface area contributed by atoms with Crippen LogP contribution in [0.15, 0.2) is 0 Å². The first-order valence-corrected chi connectivity index (χ1v) is 10.6. The molecule has 104 valence electrons. The van der Waals surface area contributed by atoms with Crippen molar-refractivity contribution in [2.24, 2.45) is 0 Å². The summed E-state index contributed by atoms with van der Waals surface area (Å²) < 4.78 is 0. The molecule has 0 saturated heterocycles. The highest BCUT2D eigenvalue weighted by Gasteiger charge is 2.33. The molecule has 0 bridgehead atoms. The van der Waals surface area contributed by atoms with Gasteiger partial charge in [-0.05, 0) is 32.0 Å². The van der Waals surface area contributed by atoms with Gasteiger partial charge in [0.05, 0.1) is 0 Å². The fourth-order valence-electron chi connectivity index (χ4n) is 2.37. The Balaban J connectivity index is 4.77. The van der Waals surface area contributed by atoms with Crippen molar-refractivity contribution in [3.05, 3.63) is 0 Å². The number of hydrogen-bond acceptors (Lipinski definition) is 2. The van der Waals surface area contributed by atoms with E-state index in [1.54, 1.807) is 0 Å². The predicted octanol–water partition coefficient (Wildman–Crippen LogP) is 3.70. The third-order valence-corrected chi connectivity index (χ3v) is 7.24. The molecule has 0 fully saturated rings. The van der Waals surface area contributed by atoms with Gasteiger partial charge in [0.1, 0.15) is 8.24 Å². The van der Waals surface area contributed by atoms with E-state index >= 15 is 0 Å². The quantitative estimate of drug-likeness (QED) is 0.634. The van der Waals surface area contributed by atoms with E-state index in [1.165, 1.54) is 25.4 Å². The molecule has 0 heterocycles. The van der Waals surface area contributed by atoms with E-state index in [2.05, 4.69) is 57.6 Å². The lowest BCUT2D eigenvalue weighted by molar-refractivity contribution is 0.199. The molecule has 0 aromatic carbocycles. The van der Waals surface area contributed by atoms with Crippen LogP contribution >= 0.6 is 0 Å². The van der Waals surface area contributed by atoms with E-state index in [0.29, 0.717) is 5.54 Å². The van der Waals surface area contributed by atoms with Gasteiger partial charge in [0.2, 0.25) is 0 Å². The van der Waals surface area contributed by atoms with Crippen molar-refractivity contribution in [2.75, 3.05) is 19.6 Å². The van der Waals surface area contributed by atoms with Gasteiger partial charge in [0.25, 0.3) is 0 Å². The fourth-order valence-corrected chi connectivity index (χ4v) is 4.42. The van der Waals surface area contributed by atoms with E-state index in [1.807, 2.05) is 0 Å².